The number of anilines is 1. The predicted octanol–water partition coefficient (Wildman–Crippen LogP) is 4.05. The van der Waals surface area contributed by atoms with Gasteiger partial charge in [-0.3, -0.25) is 9.36 Å². The van der Waals surface area contributed by atoms with E-state index in [4.69, 9.17) is 0 Å². The minimum atomic E-state index is -2.91. The van der Waals surface area contributed by atoms with E-state index < -0.39 is 23.3 Å². The second-order valence-electron chi connectivity index (χ2n) is 7.02. The number of halogens is 3. The van der Waals surface area contributed by atoms with Crippen molar-refractivity contribution in [3.63, 3.8) is 0 Å². The first-order chi connectivity index (χ1) is 14.8. The smallest absolute Gasteiger partial charge is 0.266 e. The standard InChI is InChI=1S/C20H16F3N5O.C2H2/c1-11-26-15-7-16(29)28(20(10-24)5-6-20)9-14(15)19(27-11)25-8-12-3-2-4-13(17(12)21)18(22)23;1-2/h2-4,7,9,18H,5-6,8H2,1H3,(H,25,26,27);1-2H. The fourth-order valence-electron chi connectivity index (χ4n) is 3.30. The van der Waals surface area contributed by atoms with E-state index in [0.29, 0.717) is 35.4 Å². The van der Waals surface area contributed by atoms with Crippen molar-refractivity contribution in [1.82, 2.24) is 14.5 Å². The summed E-state index contributed by atoms with van der Waals surface area (Å²) in [6.07, 6.45) is 7.78. The van der Waals surface area contributed by atoms with Crippen molar-refractivity contribution in [3.8, 4) is 18.9 Å². The highest BCUT2D eigenvalue weighted by Gasteiger charge is 2.46. The molecular weight excluding hydrogens is 407 g/mol. The maximum atomic E-state index is 14.3. The first kappa shape index (κ1) is 21.8. The summed E-state index contributed by atoms with van der Waals surface area (Å²) < 4.78 is 41.5. The molecule has 4 rings (SSSR count). The summed E-state index contributed by atoms with van der Waals surface area (Å²) in [5.74, 6) is -0.249. The molecule has 0 spiro atoms. The molecule has 158 valence electrons. The van der Waals surface area contributed by atoms with Crippen molar-refractivity contribution in [2.45, 2.75) is 38.3 Å². The molecule has 1 aliphatic rings. The number of nitriles is 1. The largest absolute Gasteiger partial charge is 0.365 e. The van der Waals surface area contributed by atoms with Gasteiger partial charge in [0.1, 0.15) is 23.0 Å². The van der Waals surface area contributed by atoms with Crippen molar-refractivity contribution in [3.05, 3.63) is 63.6 Å². The average molecular weight is 425 g/mol. The van der Waals surface area contributed by atoms with Gasteiger partial charge in [-0.05, 0) is 19.8 Å². The molecule has 9 heteroatoms. The number of terminal acetylenes is 1. The lowest BCUT2D eigenvalue weighted by Crippen LogP contribution is -2.28. The van der Waals surface area contributed by atoms with Gasteiger partial charge in [-0.2, -0.15) is 5.26 Å². The fourth-order valence-corrected chi connectivity index (χ4v) is 3.30. The Bertz CT molecular complexity index is 1260. The third kappa shape index (κ3) is 4.08. The molecule has 0 bridgehead atoms. The number of benzene rings is 1. The molecule has 6 nitrogen and oxygen atoms in total. The van der Waals surface area contributed by atoms with E-state index in [1.165, 1.54) is 29.0 Å². The Morgan fingerprint density at radius 2 is 2.03 bits per heavy atom. The zero-order chi connectivity index (χ0) is 22.8. The Hall–Kier alpha value is -3.85. The van der Waals surface area contributed by atoms with E-state index in [1.54, 1.807) is 6.92 Å². The molecule has 0 saturated heterocycles. The number of nitrogens with zero attached hydrogens (tertiary/aromatic N) is 4. The average Bonchev–Trinajstić information content (AvgIpc) is 3.54. The normalized spacial score (nSPS) is 13.9. The molecule has 0 radical (unpaired) electrons. The van der Waals surface area contributed by atoms with Crippen molar-refractivity contribution in [1.29, 1.82) is 5.26 Å². The summed E-state index contributed by atoms with van der Waals surface area (Å²) in [5, 5.41) is 12.9. The number of hydrogen-bond donors (Lipinski definition) is 1. The molecule has 3 aromatic rings. The van der Waals surface area contributed by atoms with Gasteiger partial charge in [0.15, 0.2) is 0 Å². The first-order valence-corrected chi connectivity index (χ1v) is 9.30. The van der Waals surface area contributed by atoms with Gasteiger partial charge in [-0.25, -0.2) is 23.1 Å². The molecule has 0 amide bonds. The van der Waals surface area contributed by atoms with Crippen LogP contribution in [0.2, 0.25) is 0 Å². The minimum Gasteiger partial charge on any atom is -0.365 e. The van der Waals surface area contributed by atoms with Gasteiger partial charge in [-0.1, -0.05) is 18.2 Å². The van der Waals surface area contributed by atoms with E-state index >= 15 is 0 Å². The highest BCUT2D eigenvalue weighted by atomic mass is 19.3. The van der Waals surface area contributed by atoms with Crippen LogP contribution in [0.15, 0.2) is 35.3 Å². The lowest BCUT2D eigenvalue weighted by molar-refractivity contribution is 0.146. The van der Waals surface area contributed by atoms with Crippen LogP contribution in [0.5, 0.6) is 0 Å². The van der Waals surface area contributed by atoms with Gasteiger partial charge in [0.05, 0.1) is 22.5 Å². The number of aryl methyl sites for hydroxylation is 1. The fraction of sp³-hybridized carbons (Fsp3) is 0.273. The van der Waals surface area contributed by atoms with Gasteiger partial charge < -0.3 is 5.32 Å². The Balaban J connectivity index is 0.00000132. The van der Waals surface area contributed by atoms with Gasteiger partial charge >= 0.3 is 0 Å². The van der Waals surface area contributed by atoms with Gasteiger partial charge in [0, 0.05) is 24.4 Å². The Morgan fingerprint density at radius 3 is 2.65 bits per heavy atom. The summed E-state index contributed by atoms with van der Waals surface area (Å²) >= 11 is 0. The van der Waals surface area contributed by atoms with Crippen LogP contribution in [0.25, 0.3) is 10.9 Å². The highest BCUT2D eigenvalue weighted by molar-refractivity contribution is 5.88. The molecule has 0 unspecified atom stereocenters. The summed E-state index contributed by atoms with van der Waals surface area (Å²) in [7, 11) is 0. The SMILES string of the molecule is C#C.Cc1nc(NCc2cccc(C(F)F)c2F)c2cn(C3(C#N)CC3)c(=O)cc2n1. The molecule has 1 aromatic carbocycles. The molecule has 1 saturated carbocycles. The maximum Gasteiger partial charge on any atom is 0.266 e. The molecule has 2 heterocycles. The number of alkyl halides is 2. The lowest BCUT2D eigenvalue weighted by Gasteiger charge is -2.15. The highest BCUT2D eigenvalue weighted by Crippen LogP contribution is 2.42. The second-order valence-corrected chi connectivity index (χ2v) is 7.02. The number of nitrogens with one attached hydrogen (secondary N) is 1. The monoisotopic (exact) mass is 425 g/mol. The zero-order valence-electron chi connectivity index (χ0n) is 16.6. The molecule has 1 N–H and O–H groups in total. The van der Waals surface area contributed by atoms with Crippen LogP contribution >= 0.6 is 0 Å². The summed E-state index contributed by atoms with van der Waals surface area (Å²) in [5.41, 5.74) is -1.40. The van der Waals surface area contributed by atoms with Crippen LogP contribution in [0.4, 0.5) is 19.0 Å². The van der Waals surface area contributed by atoms with Crippen molar-refractivity contribution >= 4 is 16.7 Å². The molecule has 2 aromatic heterocycles. The van der Waals surface area contributed by atoms with Crippen LogP contribution in [0.3, 0.4) is 0 Å². The van der Waals surface area contributed by atoms with E-state index in [2.05, 4.69) is 34.2 Å². The predicted molar refractivity (Wildman–Crippen MR) is 110 cm³/mol. The summed E-state index contributed by atoms with van der Waals surface area (Å²) in [6.45, 7) is 1.56. The van der Waals surface area contributed by atoms with E-state index in [-0.39, 0.29) is 17.7 Å². The number of fused-ring (bicyclic) bond motifs is 1. The molecular formula is C22H18F3N5O. The summed E-state index contributed by atoms with van der Waals surface area (Å²) in [6, 6.07) is 7.33. The Labute approximate surface area is 176 Å². The topological polar surface area (TPSA) is 83.6 Å². The third-order valence-electron chi connectivity index (χ3n) is 5.03. The van der Waals surface area contributed by atoms with Gasteiger partial charge in [0.25, 0.3) is 12.0 Å². The van der Waals surface area contributed by atoms with Crippen LogP contribution in [0.1, 0.15) is 36.2 Å². The Kier molecular flexibility index (Phi) is 5.98. The second kappa shape index (κ2) is 8.49. The van der Waals surface area contributed by atoms with Crippen molar-refractivity contribution < 1.29 is 13.2 Å². The lowest BCUT2D eigenvalue weighted by atomic mass is 10.1. The van der Waals surface area contributed by atoms with Crippen LogP contribution in [-0.2, 0) is 12.1 Å². The molecule has 1 aliphatic carbocycles. The maximum absolute atomic E-state index is 14.3. The summed E-state index contributed by atoms with van der Waals surface area (Å²) in [4.78, 5) is 21.0. The quantitative estimate of drug-likeness (QED) is 0.624. The number of hydrogen-bond acceptors (Lipinski definition) is 5. The van der Waals surface area contributed by atoms with E-state index in [1.807, 2.05) is 0 Å². The molecule has 0 atom stereocenters. The number of aromatic nitrogens is 3. The molecule has 31 heavy (non-hydrogen) atoms. The zero-order valence-corrected chi connectivity index (χ0v) is 16.6. The first-order valence-electron chi connectivity index (χ1n) is 9.30. The van der Waals surface area contributed by atoms with E-state index in [9.17, 15) is 23.2 Å². The number of rotatable bonds is 5. The molecule has 0 aliphatic heterocycles. The molecule has 1 fully saturated rings. The van der Waals surface area contributed by atoms with Crippen LogP contribution in [0, 0.1) is 36.9 Å². The van der Waals surface area contributed by atoms with E-state index in [0.717, 1.165) is 6.07 Å². The number of pyridine rings is 1. The minimum absolute atomic E-state index is 0.0659. The van der Waals surface area contributed by atoms with Crippen LogP contribution < -0.4 is 10.9 Å². The Morgan fingerprint density at radius 1 is 1.32 bits per heavy atom. The van der Waals surface area contributed by atoms with Crippen LogP contribution in [-0.4, -0.2) is 14.5 Å². The van der Waals surface area contributed by atoms with Gasteiger partial charge in [-0.15, -0.1) is 12.8 Å². The van der Waals surface area contributed by atoms with Gasteiger partial charge in [0.2, 0.25) is 0 Å². The third-order valence-corrected chi connectivity index (χ3v) is 5.03. The van der Waals surface area contributed by atoms with Crippen molar-refractivity contribution in [2.75, 3.05) is 5.32 Å². The van der Waals surface area contributed by atoms with Crippen molar-refractivity contribution in [2.24, 2.45) is 0 Å².